The lowest BCUT2D eigenvalue weighted by atomic mass is 10.1. The van der Waals surface area contributed by atoms with Gasteiger partial charge in [0.2, 0.25) is 10.0 Å². The summed E-state index contributed by atoms with van der Waals surface area (Å²) in [6.07, 6.45) is 2.23. The van der Waals surface area contributed by atoms with Crippen molar-refractivity contribution in [3.05, 3.63) is 93.9 Å². The Morgan fingerprint density at radius 3 is 2.63 bits per heavy atom. The number of fused-ring (bicyclic) bond motifs is 1. The van der Waals surface area contributed by atoms with Crippen LogP contribution in [-0.2, 0) is 30.0 Å². The zero-order valence-corrected chi connectivity index (χ0v) is 20.9. The summed E-state index contributed by atoms with van der Waals surface area (Å²) in [5.41, 5.74) is 3.44. The number of sulfonamides is 1. The summed E-state index contributed by atoms with van der Waals surface area (Å²) >= 11 is 12.5. The molecule has 35 heavy (non-hydrogen) atoms. The van der Waals surface area contributed by atoms with Gasteiger partial charge in [-0.2, -0.15) is 10.2 Å². The second-order valence-electron chi connectivity index (χ2n) is 8.00. The number of nitrogens with zero attached hydrogens (tertiary/aromatic N) is 4. The molecule has 0 bridgehead atoms. The summed E-state index contributed by atoms with van der Waals surface area (Å²) in [5.74, 6) is 1.34. The molecule has 11 heteroatoms. The van der Waals surface area contributed by atoms with Crippen LogP contribution in [0.5, 0.6) is 0 Å². The predicted octanol–water partition coefficient (Wildman–Crippen LogP) is 4.73. The van der Waals surface area contributed by atoms with E-state index in [-0.39, 0.29) is 11.4 Å². The molecule has 8 nitrogen and oxygen atoms in total. The predicted molar refractivity (Wildman–Crippen MR) is 136 cm³/mol. The van der Waals surface area contributed by atoms with Crippen molar-refractivity contribution >= 4 is 44.1 Å². The second-order valence-corrected chi connectivity index (χ2v) is 10.6. The van der Waals surface area contributed by atoms with E-state index in [2.05, 4.69) is 20.0 Å². The van der Waals surface area contributed by atoms with Crippen LogP contribution in [0.25, 0.3) is 22.3 Å². The number of halogens is 2. The van der Waals surface area contributed by atoms with Crippen molar-refractivity contribution in [3.8, 4) is 11.4 Å². The van der Waals surface area contributed by atoms with Gasteiger partial charge in [-0.25, -0.2) is 18.1 Å². The summed E-state index contributed by atoms with van der Waals surface area (Å²) < 4.78 is 29.3. The SMILES string of the molecule is Cn1nc(-c2ccc(CNS(=O)(=O)c3cccc(Cl)c3)cc2)nc1Cc1ccc2[nH]ncc2c1Cl. The molecule has 2 aromatic heterocycles. The number of aryl methyl sites for hydroxylation is 1. The zero-order chi connectivity index (χ0) is 24.6. The van der Waals surface area contributed by atoms with Crippen LogP contribution in [0.4, 0.5) is 0 Å². The first-order valence-electron chi connectivity index (χ1n) is 10.6. The quantitative estimate of drug-likeness (QED) is 0.318. The van der Waals surface area contributed by atoms with Gasteiger partial charge in [-0.15, -0.1) is 0 Å². The van der Waals surface area contributed by atoms with Crippen LogP contribution in [0.3, 0.4) is 0 Å². The molecule has 0 spiro atoms. The van der Waals surface area contributed by atoms with E-state index < -0.39 is 10.0 Å². The molecule has 0 saturated heterocycles. The summed E-state index contributed by atoms with van der Waals surface area (Å²) in [6.45, 7) is 0.144. The molecule has 178 valence electrons. The van der Waals surface area contributed by atoms with Gasteiger partial charge >= 0.3 is 0 Å². The Hall–Kier alpha value is -3.24. The number of H-pyrrole nitrogens is 1. The Labute approximate surface area is 212 Å². The van der Waals surface area contributed by atoms with E-state index in [9.17, 15) is 8.42 Å². The Kier molecular flexibility index (Phi) is 6.33. The van der Waals surface area contributed by atoms with Gasteiger partial charge in [-0.3, -0.25) is 9.78 Å². The highest BCUT2D eigenvalue weighted by atomic mass is 35.5. The molecule has 5 rings (SSSR count). The van der Waals surface area contributed by atoms with E-state index >= 15 is 0 Å². The van der Waals surface area contributed by atoms with Gasteiger partial charge in [-0.1, -0.05) is 59.6 Å². The van der Waals surface area contributed by atoms with Gasteiger partial charge in [0, 0.05) is 36.0 Å². The number of hydrogen-bond donors (Lipinski definition) is 2. The van der Waals surface area contributed by atoms with Gasteiger partial charge in [-0.05, 0) is 35.4 Å². The van der Waals surface area contributed by atoms with E-state index in [1.165, 1.54) is 12.1 Å². The highest BCUT2D eigenvalue weighted by molar-refractivity contribution is 7.89. The third-order valence-corrected chi connectivity index (χ3v) is 7.71. The first-order valence-corrected chi connectivity index (χ1v) is 12.9. The molecule has 0 amide bonds. The van der Waals surface area contributed by atoms with Gasteiger partial charge in [0.05, 0.1) is 21.6 Å². The summed E-state index contributed by atoms with van der Waals surface area (Å²) in [6, 6.07) is 17.5. The Morgan fingerprint density at radius 1 is 1.06 bits per heavy atom. The van der Waals surface area contributed by atoms with E-state index in [1.807, 2.05) is 43.4 Å². The molecule has 0 radical (unpaired) electrons. The van der Waals surface area contributed by atoms with Crippen molar-refractivity contribution in [3.63, 3.8) is 0 Å². The molecule has 2 heterocycles. The lowest BCUT2D eigenvalue weighted by Gasteiger charge is -2.07. The lowest BCUT2D eigenvalue weighted by Crippen LogP contribution is -2.23. The Morgan fingerprint density at radius 2 is 1.86 bits per heavy atom. The zero-order valence-electron chi connectivity index (χ0n) is 18.5. The van der Waals surface area contributed by atoms with Crippen LogP contribution in [-0.4, -0.2) is 33.4 Å². The summed E-state index contributed by atoms with van der Waals surface area (Å²) in [4.78, 5) is 4.82. The minimum absolute atomic E-state index is 0.124. The van der Waals surface area contributed by atoms with Crippen molar-refractivity contribution in [2.24, 2.45) is 7.05 Å². The van der Waals surface area contributed by atoms with Gasteiger partial charge in [0.25, 0.3) is 0 Å². The fourth-order valence-electron chi connectivity index (χ4n) is 3.70. The van der Waals surface area contributed by atoms with Gasteiger partial charge in [0.15, 0.2) is 5.82 Å². The van der Waals surface area contributed by atoms with Crippen molar-refractivity contribution in [2.45, 2.75) is 17.9 Å². The molecule has 0 aliphatic heterocycles. The lowest BCUT2D eigenvalue weighted by molar-refractivity contribution is 0.581. The first-order chi connectivity index (χ1) is 16.8. The molecule has 5 aromatic rings. The second kappa shape index (κ2) is 9.43. The number of aromatic nitrogens is 5. The minimum Gasteiger partial charge on any atom is -0.278 e. The Bertz CT molecular complexity index is 1630. The van der Waals surface area contributed by atoms with E-state index in [0.717, 1.165) is 33.4 Å². The number of benzene rings is 3. The van der Waals surface area contributed by atoms with Crippen LogP contribution in [0, 0.1) is 0 Å². The number of aromatic amines is 1. The third-order valence-electron chi connectivity index (χ3n) is 5.63. The van der Waals surface area contributed by atoms with Gasteiger partial charge < -0.3 is 0 Å². The Balaban J connectivity index is 1.30. The monoisotopic (exact) mass is 526 g/mol. The minimum atomic E-state index is -3.67. The average molecular weight is 527 g/mol. The van der Waals surface area contributed by atoms with E-state index in [0.29, 0.717) is 22.3 Å². The van der Waals surface area contributed by atoms with E-state index in [4.69, 9.17) is 28.2 Å². The molecular weight excluding hydrogens is 507 g/mol. The number of nitrogens with one attached hydrogen (secondary N) is 2. The molecule has 3 aromatic carbocycles. The largest absolute Gasteiger partial charge is 0.278 e. The first kappa shape index (κ1) is 23.5. The van der Waals surface area contributed by atoms with Crippen LogP contribution >= 0.6 is 23.2 Å². The summed E-state index contributed by atoms with van der Waals surface area (Å²) in [7, 11) is -1.83. The van der Waals surface area contributed by atoms with Crippen molar-refractivity contribution in [1.82, 2.24) is 29.7 Å². The van der Waals surface area contributed by atoms with Crippen molar-refractivity contribution in [1.29, 1.82) is 0 Å². The van der Waals surface area contributed by atoms with Gasteiger partial charge in [0.1, 0.15) is 5.82 Å². The topological polar surface area (TPSA) is 106 Å². The van der Waals surface area contributed by atoms with Crippen LogP contribution in [0.2, 0.25) is 10.0 Å². The van der Waals surface area contributed by atoms with E-state index in [1.54, 1.807) is 23.0 Å². The fraction of sp³-hybridized carbons (Fsp3) is 0.125. The van der Waals surface area contributed by atoms with Crippen LogP contribution in [0.1, 0.15) is 17.0 Å². The molecule has 0 atom stereocenters. The number of hydrogen-bond acceptors (Lipinski definition) is 5. The molecule has 0 aliphatic carbocycles. The highest BCUT2D eigenvalue weighted by Gasteiger charge is 2.16. The maximum Gasteiger partial charge on any atom is 0.240 e. The summed E-state index contributed by atoms with van der Waals surface area (Å²) in [5, 5.41) is 13.4. The fourth-order valence-corrected chi connectivity index (χ4v) is 5.29. The van der Waals surface area contributed by atoms with Crippen molar-refractivity contribution < 1.29 is 8.42 Å². The molecule has 0 unspecified atom stereocenters. The average Bonchev–Trinajstić information content (AvgIpc) is 3.47. The van der Waals surface area contributed by atoms with Crippen LogP contribution in [0.15, 0.2) is 71.8 Å². The standard InChI is InChI=1S/C24H20Cl2N6O2S/c1-32-22(11-17-9-10-21-20(23(17)26)14-27-30-21)29-24(31-32)16-7-5-15(6-8-16)13-28-35(33,34)19-4-2-3-18(25)12-19/h2-10,12,14,28H,11,13H2,1H3,(H,27,30). The number of rotatable bonds is 7. The molecular formula is C24H20Cl2N6O2S. The normalized spacial score (nSPS) is 11.9. The molecule has 0 aliphatic rings. The molecule has 2 N–H and O–H groups in total. The smallest absolute Gasteiger partial charge is 0.240 e. The molecule has 0 saturated carbocycles. The molecule has 0 fully saturated rings. The van der Waals surface area contributed by atoms with Crippen LogP contribution < -0.4 is 4.72 Å². The maximum atomic E-state index is 12.5. The highest BCUT2D eigenvalue weighted by Crippen LogP contribution is 2.28. The van der Waals surface area contributed by atoms with Crippen molar-refractivity contribution in [2.75, 3.05) is 0 Å². The third kappa shape index (κ3) is 4.94. The maximum absolute atomic E-state index is 12.5.